The van der Waals surface area contributed by atoms with Gasteiger partial charge in [-0.1, -0.05) is 6.58 Å². The van der Waals surface area contributed by atoms with E-state index in [1.54, 1.807) is 0 Å². The van der Waals surface area contributed by atoms with Crippen molar-refractivity contribution in [1.29, 1.82) is 0 Å². The Morgan fingerprint density at radius 2 is 2.30 bits per heavy atom. The van der Waals surface area contributed by atoms with Crippen LogP contribution in [0, 0.1) is 0 Å². The fourth-order valence-electron chi connectivity index (χ4n) is 0.775. The highest BCUT2D eigenvalue weighted by molar-refractivity contribution is 5.85. The highest BCUT2D eigenvalue weighted by Crippen LogP contribution is 2.26. The summed E-state index contributed by atoms with van der Waals surface area (Å²) < 4.78 is 5.01. The lowest BCUT2D eigenvalue weighted by Crippen LogP contribution is -2.02. The Kier molecular flexibility index (Phi) is 1.76. The molecule has 0 aliphatic carbocycles. The predicted molar refractivity (Wildman–Crippen MR) is 35.7 cm³/mol. The normalized spacial score (nSPS) is 29.7. The van der Waals surface area contributed by atoms with Gasteiger partial charge in [0.05, 0.1) is 12.2 Å². The molecule has 0 amide bonds. The van der Waals surface area contributed by atoms with E-state index in [9.17, 15) is 4.79 Å². The van der Waals surface area contributed by atoms with Crippen molar-refractivity contribution < 1.29 is 14.6 Å². The van der Waals surface area contributed by atoms with Gasteiger partial charge in [-0.15, -0.1) is 0 Å². The molecule has 2 atom stereocenters. The summed E-state index contributed by atoms with van der Waals surface area (Å²) in [5.41, 5.74) is 0.231. The lowest BCUT2D eigenvalue weighted by molar-refractivity contribution is -0.132. The number of carboxylic acids is 1. The molecule has 10 heavy (non-hydrogen) atoms. The number of aliphatic carboxylic acids is 1. The lowest BCUT2D eigenvalue weighted by Gasteiger charge is -1.93. The third kappa shape index (κ3) is 1.57. The van der Waals surface area contributed by atoms with E-state index < -0.39 is 5.97 Å². The van der Waals surface area contributed by atoms with Crippen LogP contribution < -0.4 is 0 Å². The van der Waals surface area contributed by atoms with Gasteiger partial charge in [0.2, 0.25) is 0 Å². The monoisotopic (exact) mass is 142 g/mol. The Balaban J connectivity index is 2.26. The summed E-state index contributed by atoms with van der Waals surface area (Å²) in [6, 6.07) is 0. The van der Waals surface area contributed by atoms with E-state index in [0.29, 0.717) is 6.42 Å². The van der Waals surface area contributed by atoms with Crippen molar-refractivity contribution >= 4 is 5.97 Å². The Bertz CT molecular complexity index is 174. The molecule has 1 aliphatic rings. The van der Waals surface area contributed by atoms with Crippen LogP contribution in [0.1, 0.15) is 13.3 Å². The van der Waals surface area contributed by atoms with Gasteiger partial charge in [0.15, 0.2) is 0 Å². The second-order valence-corrected chi connectivity index (χ2v) is 2.49. The SMILES string of the molecule is C=C(CC1OC1C)C(=O)O. The van der Waals surface area contributed by atoms with E-state index in [1.165, 1.54) is 0 Å². The standard InChI is InChI=1S/C7H10O3/c1-4(7(8)9)3-6-5(2)10-6/h5-6H,1,3H2,2H3,(H,8,9). The van der Waals surface area contributed by atoms with Crippen LogP contribution in [-0.4, -0.2) is 23.3 Å². The number of rotatable bonds is 3. The van der Waals surface area contributed by atoms with Crippen LogP contribution in [-0.2, 0) is 9.53 Å². The van der Waals surface area contributed by atoms with Crippen molar-refractivity contribution in [2.75, 3.05) is 0 Å². The topological polar surface area (TPSA) is 49.8 Å². The molecular formula is C7H10O3. The molecule has 3 heteroatoms. The maximum atomic E-state index is 10.2. The maximum Gasteiger partial charge on any atom is 0.331 e. The van der Waals surface area contributed by atoms with Crippen LogP contribution in [0.25, 0.3) is 0 Å². The van der Waals surface area contributed by atoms with Crippen molar-refractivity contribution in [3.63, 3.8) is 0 Å². The predicted octanol–water partition coefficient (Wildman–Crippen LogP) is 0.805. The zero-order valence-corrected chi connectivity index (χ0v) is 5.83. The number of carboxylic acid groups (broad SMARTS) is 1. The molecule has 1 heterocycles. The Morgan fingerprint density at radius 1 is 1.80 bits per heavy atom. The number of ether oxygens (including phenoxy) is 1. The molecule has 0 aromatic rings. The van der Waals surface area contributed by atoms with Crippen molar-refractivity contribution in [1.82, 2.24) is 0 Å². The van der Waals surface area contributed by atoms with Gasteiger partial charge in [0.1, 0.15) is 0 Å². The molecule has 0 bridgehead atoms. The second-order valence-electron chi connectivity index (χ2n) is 2.49. The van der Waals surface area contributed by atoms with Crippen LogP contribution >= 0.6 is 0 Å². The van der Waals surface area contributed by atoms with Crippen LogP contribution in [0.3, 0.4) is 0 Å². The van der Waals surface area contributed by atoms with Crippen LogP contribution in [0.15, 0.2) is 12.2 Å². The first kappa shape index (κ1) is 7.28. The molecule has 0 saturated carbocycles. The smallest absolute Gasteiger partial charge is 0.331 e. The first-order valence-corrected chi connectivity index (χ1v) is 3.18. The molecule has 2 unspecified atom stereocenters. The van der Waals surface area contributed by atoms with Crippen molar-refractivity contribution in [2.45, 2.75) is 25.6 Å². The number of hydrogen-bond donors (Lipinski definition) is 1. The number of hydrogen-bond acceptors (Lipinski definition) is 2. The minimum atomic E-state index is -0.928. The molecule has 1 saturated heterocycles. The molecule has 0 aromatic heterocycles. The summed E-state index contributed by atoms with van der Waals surface area (Å²) in [4.78, 5) is 10.2. The van der Waals surface area contributed by atoms with Crippen LogP contribution in [0.5, 0.6) is 0 Å². The average Bonchev–Trinajstić information content (AvgIpc) is 2.46. The molecule has 1 aliphatic heterocycles. The summed E-state index contributed by atoms with van der Waals surface area (Å²) in [5, 5.41) is 8.39. The molecule has 0 aromatic carbocycles. The lowest BCUT2D eigenvalue weighted by atomic mass is 10.1. The minimum absolute atomic E-state index is 0.101. The molecule has 1 fully saturated rings. The van der Waals surface area contributed by atoms with Gasteiger partial charge in [0, 0.05) is 12.0 Å². The largest absolute Gasteiger partial charge is 0.478 e. The molecule has 1 N–H and O–H groups in total. The quantitative estimate of drug-likeness (QED) is 0.468. The fourth-order valence-corrected chi connectivity index (χ4v) is 0.775. The van der Waals surface area contributed by atoms with Crippen molar-refractivity contribution in [3.8, 4) is 0 Å². The van der Waals surface area contributed by atoms with Crippen molar-refractivity contribution in [2.24, 2.45) is 0 Å². The van der Waals surface area contributed by atoms with Gasteiger partial charge in [0.25, 0.3) is 0 Å². The van der Waals surface area contributed by atoms with Crippen LogP contribution in [0.4, 0.5) is 0 Å². The van der Waals surface area contributed by atoms with E-state index >= 15 is 0 Å². The zero-order valence-electron chi connectivity index (χ0n) is 5.83. The van der Waals surface area contributed by atoms with E-state index in [-0.39, 0.29) is 17.8 Å². The summed E-state index contributed by atoms with van der Waals surface area (Å²) >= 11 is 0. The first-order valence-electron chi connectivity index (χ1n) is 3.18. The van der Waals surface area contributed by atoms with Gasteiger partial charge in [-0.05, 0) is 6.92 Å². The van der Waals surface area contributed by atoms with Gasteiger partial charge >= 0.3 is 5.97 Å². The number of epoxide rings is 1. The first-order chi connectivity index (χ1) is 4.61. The van der Waals surface area contributed by atoms with E-state index in [1.807, 2.05) is 6.92 Å². The molecule has 1 rings (SSSR count). The zero-order chi connectivity index (χ0) is 7.72. The van der Waals surface area contributed by atoms with Crippen LogP contribution in [0.2, 0.25) is 0 Å². The molecule has 3 nitrogen and oxygen atoms in total. The van der Waals surface area contributed by atoms with Gasteiger partial charge in [-0.25, -0.2) is 4.79 Å². The van der Waals surface area contributed by atoms with E-state index in [0.717, 1.165) is 0 Å². The summed E-state index contributed by atoms with van der Waals surface area (Å²) in [6.45, 7) is 5.31. The highest BCUT2D eigenvalue weighted by Gasteiger charge is 2.35. The fraction of sp³-hybridized carbons (Fsp3) is 0.571. The Morgan fingerprint density at radius 3 is 2.60 bits per heavy atom. The highest BCUT2D eigenvalue weighted by atomic mass is 16.6. The minimum Gasteiger partial charge on any atom is -0.478 e. The summed E-state index contributed by atoms with van der Waals surface area (Å²) in [5.74, 6) is -0.928. The molecular weight excluding hydrogens is 132 g/mol. The molecule has 0 spiro atoms. The Hall–Kier alpha value is -0.830. The third-order valence-electron chi connectivity index (χ3n) is 1.59. The molecule has 0 radical (unpaired) electrons. The Labute approximate surface area is 59.3 Å². The summed E-state index contributed by atoms with van der Waals surface area (Å²) in [6.07, 6.45) is 0.774. The van der Waals surface area contributed by atoms with Gasteiger partial charge in [-0.3, -0.25) is 0 Å². The van der Waals surface area contributed by atoms with E-state index in [4.69, 9.17) is 9.84 Å². The molecule has 56 valence electrons. The third-order valence-corrected chi connectivity index (χ3v) is 1.59. The van der Waals surface area contributed by atoms with E-state index in [2.05, 4.69) is 6.58 Å². The van der Waals surface area contributed by atoms with Crippen molar-refractivity contribution in [3.05, 3.63) is 12.2 Å². The number of carbonyl (C=O) groups is 1. The van der Waals surface area contributed by atoms with Gasteiger partial charge in [-0.2, -0.15) is 0 Å². The maximum absolute atomic E-state index is 10.2. The average molecular weight is 142 g/mol. The van der Waals surface area contributed by atoms with Gasteiger partial charge < -0.3 is 9.84 Å². The summed E-state index contributed by atoms with van der Waals surface area (Å²) in [7, 11) is 0. The second kappa shape index (κ2) is 2.42.